The van der Waals surface area contributed by atoms with Gasteiger partial charge in [0.25, 0.3) is 0 Å². The summed E-state index contributed by atoms with van der Waals surface area (Å²) in [6.07, 6.45) is 3.80. The number of alkyl halides is 2. The Hall–Kier alpha value is -1.14. The summed E-state index contributed by atoms with van der Waals surface area (Å²) < 4.78 is 35.0. The fourth-order valence-corrected chi connectivity index (χ4v) is 3.38. The SMILES string of the molecule is C.CSc1ccc2c(c1)nc(C(C)(F)F)n2CC1CCOCC1. The van der Waals surface area contributed by atoms with E-state index in [0.29, 0.717) is 31.2 Å². The lowest BCUT2D eigenvalue weighted by atomic mass is 10.00. The van der Waals surface area contributed by atoms with Crippen LogP contribution in [0.15, 0.2) is 23.1 Å². The zero-order valence-electron chi connectivity index (χ0n) is 12.8. The summed E-state index contributed by atoms with van der Waals surface area (Å²) >= 11 is 1.59. The van der Waals surface area contributed by atoms with E-state index in [1.807, 2.05) is 24.5 Å². The van der Waals surface area contributed by atoms with Gasteiger partial charge in [0.05, 0.1) is 11.0 Å². The van der Waals surface area contributed by atoms with Crippen LogP contribution in [0.1, 0.15) is 33.0 Å². The number of nitrogens with zero attached hydrogens (tertiary/aromatic N) is 2. The maximum absolute atomic E-state index is 14.0. The number of benzene rings is 1. The van der Waals surface area contributed by atoms with Crippen molar-refractivity contribution in [2.45, 2.75) is 44.6 Å². The molecule has 0 saturated carbocycles. The lowest BCUT2D eigenvalue weighted by molar-refractivity contribution is 0.00222. The van der Waals surface area contributed by atoms with Gasteiger partial charge < -0.3 is 9.30 Å². The first-order valence-electron chi connectivity index (χ1n) is 7.49. The summed E-state index contributed by atoms with van der Waals surface area (Å²) in [5.74, 6) is -2.70. The third kappa shape index (κ3) is 3.86. The Morgan fingerprint density at radius 1 is 1.35 bits per heavy atom. The first-order valence-corrected chi connectivity index (χ1v) is 8.72. The molecule has 0 bridgehead atoms. The van der Waals surface area contributed by atoms with E-state index in [4.69, 9.17) is 4.74 Å². The maximum Gasteiger partial charge on any atom is 0.302 e. The fourth-order valence-electron chi connectivity index (χ4n) is 2.94. The molecule has 0 atom stereocenters. The Bertz CT molecular complexity index is 660. The van der Waals surface area contributed by atoms with Gasteiger partial charge in [0.1, 0.15) is 0 Å². The van der Waals surface area contributed by atoms with Gasteiger partial charge in [-0.25, -0.2) is 4.98 Å². The van der Waals surface area contributed by atoms with Crippen molar-refractivity contribution < 1.29 is 13.5 Å². The Morgan fingerprint density at radius 3 is 2.65 bits per heavy atom. The highest BCUT2D eigenvalue weighted by atomic mass is 32.2. The van der Waals surface area contributed by atoms with Crippen molar-refractivity contribution in [3.05, 3.63) is 24.0 Å². The molecule has 0 radical (unpaired) electrons. The van der Waals surface area contributed by atoms with E-state index in [0.717, 1.165) is 30.2 Å². The van der Waals surface area contributed by atoms with E-state index < -0.39 is 5.92 Å². The molecule has 6 heteroatoms. The molecular formula is C17H24F2N2OS. The van der Waals surface area contributed by atoms with Crippen molar-refractivity contribution in [2.24, 2.45) is 5.92 Å². The second-order valence-electron chi connectivity index (χ2n) is 5.84. The van der Waals surface area contributed by atoms with Crippen molar-refractivity contribution >= 4 is 22.8 Å². The first kappa shape index (κ1) is 18.2. The molecule has 23 heavy (non-hydrogen) atoms. The predicted octanol–water partition coefficient (Wildman–Crippen LogP) is 4.93. The standard InChI is InChI=1S/C16H20F2N2OS.CH4/c1-16(17,18)15-19-13-9-12(22-2)3-4-14(13)20(15)10-11-5-7-21-8-6-11;/h3-4,9,11H,5-8,10H2,1-2H3;1H4. The highest BCUT2D eigenvalue weighted by Crippen LogP contribution is 2.32. The molecule has 0 unspecified atom stereocenters. The van der Waals surface area contributed by atoms with Gasteiger partial charge in [-0.2, -0.15) is 8.78 Å². The molecule has 1 saturated heterocycles. The van der Waals surface area contributed by atoms with E-state index in [9.17, 15) is 8.78 Å². The van der Waals surface area contributed by atoms with Gasteiger partial charge in [-0.05, 0) is 43.2 Å². The Morgan fingerprint density at radius 2 is 2.04 bits per heavy atom. The molecule has 2 heterocycles. The average Bonchev–Trinajstić information content (AvgIpc) is 2.86. The summed E-state index contributed by atoms with van der Waals surface area (Å²) in [6, 6.07) is 5.76. The minimum absolute atomic E-state index is 0. The van der Waals surface area contributed by atoms with Gasteiger partial charge in [-0.1, -0.05) is 7.43 Å². The van der Waals surface area contributed by atoms with E-state index in [1.54, 1.807) is 16.3 Å². The normalized spacial score (nSPS) is 16.5. The molecule has 0 aliphatic carbocycles. The maximum atomic E-state index is 14.0. The van der Waals surface area contributed by atoms with Crippen LogP contribution in [0.4, 0.5) is 8.78 Å². The Kier molecular flexibility index (Phi) is 5.68. The van der Waals surface area contributed by atoms with Crippen LogP contribution in [0.25, 0.3) is 11.0 Å². The number of hydrogen-bond acceptors (Lipinski definition) is 3. The molecule has 1 aliphatic rings. The summed E-state index contributed by atoms with van der Waals surface area (Å²) in [4.78, 5) is 5.26. The average molecular weight is 342 g/mol. The Labute approximate surface area is 140 Å². The van der Waals surface area contributed by atoms with Gasteiger partial charge in [0.2, 0.25) is 0 Å². The van der Waals surface area contributed by atoms with Gasteiger partial charge in [-0.3, -0.25) is 0 Å². The van der Waals surface area contributed by atoms with Crippen molar-refractivity contribution in [1.29, 1.82) is 0 Å². The van der Waals surface area contributed by atoms with E-state index in [-0.39, 0.29) is 13.3 Å². The zero-order valence-corrected chi connectivity index (χ0v) is 13.6. The van der Waals surface area contributed by atoms with Crippen LogP contribution >= 0.6 is 11.8 Å². The van der Waals surface area contributed by atoms with Gasteiger partial charge in [0, 0.05) is 31.6 Å². The highest BCUT2D eigenvalue weighted by Gasteiger charge is 2.32. The number of halogens is 2. The third-order valence-corrected chi connectivity index (χ3v) is 4.86. The number of fused-ring (bicyclic) bond motifs is 1. The second-order valence-corrected chi connectivity index (χ2v) is 6.72. The summed E-state index contributed by atoms with van der Waals surface area (Å²) in [6.45, 7) is 2.93. The highest BCUT2D eigenvalue weighted by molar-refractivity contribution is 7.98. The van der Waals surface area contributed by atoms with Gasteiger partial charge in [0.15, 0.2) is 5.82 Å². The predicted molar refractivity (Wildman–Crippen MR) is 91.4 cm³/mol. The Balaban J connectivity index is 0.00000192. The van der Waals surface area contributed by atoms with Crippen LogP contribution in [0.2, 0.25) is 0 Å². The second kappa shape index (κ2) is 7.18. The number of imidazole rings is 1. The molecule has 1 aliphatic heterocycles. The lowest BCUT2D eigenvalue weighted by Crippen LogP contribution is -2.24. The summed E-state index contributed by atoms with van der Waals surface area (Å²) in [5.41, 5.74) is 1.44. The van der Waals surface area contributed by atoms with E-state index in [1.165, 1.54) is 0 Å². The molecule has 128 valence electrons. The van der Waals surface area contributed by atoms with Crippen molar-refractivity contribution in [3.63, 3.8) is 0 Å². The van der Waals surface area contributed by atoms with Crippen LogP contribution in [-0.2, 0) is 17.2 Å². The topological polar surface area (TPSA) is 27.1 Å². The number of ether oxygens (including phenoxy) is 1. The quantitative estimate of drug-likeness (QED) is 0.737. The molecule has 1 aromatic heterocycles. The molecule has 0 amide bonds. The monoisotopic (exact) mass is 342 g/mol. The molecule has 3 nitrogen and oxygen atoms in total. The van der Waals surface area contributed by atoms with Crippen LogP contribution in [0, 0.1) is 5.92 Å². The minimum Gasteiger partial charge on any atom is -0.381 e. The molecular weight excluding hydrogens is 318 g/mol. The van der Waals surface area contributed by atoms with Crippen LogP contribution in [-0.4, -0.2) is 29.0 Å². The van der Waals surface area contributed by atoms with Gasteiger partial charge >= 0.3 is 5.92 Å². The van der Waals surface area contributed by atoms with Crippen molar-refractivity contribution in [3.8, 4) is 0 Å². The van der Waals surface area contributed by atoms with E-state index in [2.05, 4.69) is 4.98 Å². The summed E-state index contributed by atoms with van der Waals surface area (Å²) in [7, 11) is 0. The van der Waals surface area contributed by atoms with Gasteiger partial charge in [-0.15, -0.1) is 11.8 Å². The molecule has 2 aromatic rings. The smallest absolute Gasteiger partial charge is 0.302 e. The summed E-state index contributed by atoms with van der Waals surface area (Å²) in [5, 5.41) is 0. The molecule has 3 rings (SSSR count). The first-order chi connectivity index (χ1) is 10.5. The number of aromatic nitrogens is 2. The minimum atomic E-state index is -2.94. The fraction of sp³-hybridized carbons (Fsp3) is 0.588. The zero-order chi connectivity index (χ0) is 15.7. The van der Waals surface area contributed by atoms with Crippen LogP contribution in [0.5, 0.6) is 0 Å². The third-order valence-electron chi connectivity index (χ3n) is 4.13. The van der Waals surface area contributed by atoms with E-state index >= 15 is 0 Å². The molecule has 0 spiro atoms. The molecule has 1 aromatic carbocycles. The van der Waals surface area contributed by atoms with Crippen LogP contribution < -0.4 is 0 Å². The lowest BCUT2D eigenvalue weighted by Gasteiger charge is -2.24. The van der Waals surface area contributed by atoms with Crippen LogP contribution in [0.3, 0.4) is 0 Å². The number of rotatable bonds is 4. The largest absolute Gasteiger partial charge is 0.381 e. The van der Waals surface area contributed by atoms with Crippen molar-refractivity contribution in [1.82, 2.24) is 9.55 Å². The number of thioether (sulfide) groups is 1. The van der Waals surface area contributed by atoms with Crippen molar-refractivity contribution in [2.75, 3.05) is 19.5 Å². The number of hydrogen-bond donors (Lipinski definition) is 0. The molecule has 0 N–H and O–H groups in total. The molecule has 1 fully saturated rings.